The van der Waals surface area contributed by atoms with Gasteiger partial charge >= 0.3 is 0 Å². The van der Waals surface area contributed by atoms with E-state index in [4.69, 9.17) is 47.6 Å². The molecule has 0 unspecified atom stereocenters. The van der Waals surface area contributed by atoms with E-state index in [1.165, 1.54) is 0 Å². The van der Waals surface area contributed by atoms with Crippen molar-refractivity contribution in [3.63, 3.8) is 0 Å². The van der Waals surface area contributed by atoms with Gasteiger partial charge in [0.25, 0.3) is 0 Å². The highest BCUT2D eigenvalue weighted by Gasteiger charge is 2.50. The second-order valence-corrected chi connectivity index (χ2v) is 8.78. The van der Waals surface area contributed by atoms with Gasteiger partial charge in [0.1, 0.15) is 36.6 Å². The first kappa shape index (κ1) is 26.1. The first-order chi connectivity index (χ1) is 15.1. The summed E-state index contributed by atoms with van der Waals surface area (Å²) in [6, 6.07) is -3.27. The van der Waals surface area contributed by atoms with Gasteiger partial charge in [0.15, 0.2) is 12.6 Å². The van der Waals surface area contributed by atoms with Crippen molar-refractivity contribution in [3.8, 4) is 0 Å². The van der Waals surface area contributed by atoms with E-state index in [-0.39, 0.29) is 19.4 Å². The monoisotopic (exact) mass is 467 g/mol. The smallest absolute Gasteiger partial charge is 0.186 e. The zero-order valence-electron chi connectivity index (χ0n) is 17.7. The van der Waals surface area contributed by atoms with Gasteiger partial charge in [0, 0.05) is 18.6 Å². The van der Waals surface area contributed by atoms with E-state index in [1.807, 2.05) is 0 Å². The maximum Gasteiger partial charge on any atom is 0.186 e. The molecule has 0 spiro atoms. The van der Waals surface area contributed by atoms with Crippen LogP contribution in [0.25, 0.3) is 0 Å². The Morgan fingerprint density at radius 3 is 1.84 bits per heavy atom. The highest BCUT2D eigenvalue weighted by Crippen LogP contribution is 2.30. The fraction of sp³-hybridized carbons (Fsp3) is 1.00. The minimum Gasteiger partial charge on any atom is -0.394 e. The van der Waals surface area contributed by atoms with Gasteiger partial charge in [-0.15, -0.1) is 0 Å². The van der Waals surface area contributed by atoms with Gasteiger partial charge in [-0.2, -0.15) is 0 Å². The highest BCUT2D eigenvalue weighted by atomic mass is 16.7. The van der Waals surface area contributed by atoms with E-state index >= 15 is 0 Å². The summed E-state index contributed by atoms with van der Waals surface area (Å²) < 4.78 is 22.7. The lowest BCUT2D eigenvalue weighted by atomic mass is 9.84. The molecule has 32 heavy (non-hydrogen) atoms. The SMILES string of the molecule is NC[C@@H]1O[C@@H](O[C@H]2[C@H](O)[C@@H](O[C@H]3O[C@H](CO)[C@@H](O)[C@@H](N)[C@H]3O)[C@H](N)C[C@H]2N)[C@@H](N)C[C@H]1O. The van der Waals surface area contributed by atoms with Crippen LogP contribution in [0.15, 0.2) is 0 Å². The van der Waals surface area contributed by atoms with E-state index in [9.17, 15) is 25.5 Å². The van der Waals surface area contributed by atoms with E-state index < -0.39 is 92.2 Å². The van der Waals surface area contributed by atoms with Crippen LogP contribution in [-0.2, 0) is 18.9 Å². The third-order valence-electron chi connectivity index (χ3n) is 6.41. The Morgan fingerprint density at radius 1 is 0.719 bits per heavy atom. The molecule has 14 nitrogen and oxygen atoms in total. The largest absolute Gasteiger partial charge is 0.394 e. The second-order valence-electron chi connectivity index (χ2n) is 8.78. The van der Waals surface area contributed by atoms with Crippen molar-refractivity contribution in [1.82, 2.24) is 0 Å². The lowest BCUT2D eigenvalue weighted by Crippen LogP contribution is -2.68. The van der Waals surface area contributed by atoms with Crippen molar-refractivity contribution < 1.29 is 44.5 Å². The van der Waals surface area contributed by atoms with Crippen LogP contribution < -0.4 is 28.7 Å². The lowest BCUT2D eigenvalue weighted by molar-refractivity contribution is -0.314. The first-order valence-corrected chi connectivity index (χ1v) is 10.8. The molecular formula is C18H37N5O9. The van der Waals surface area contributed by atoms with Crippen LogP contribution >= 0.6 is 0 Å². The maximum atomic E-state index is 11.0. The van der Waals surface area contributed by atoms with Crippen LogP contribution in [0.1, 0.15) is 12.8 Å². The average molecular weight is 468 g/mol. The molecule has 0 aromatic carbocycles. The third-order valence-corrected chi connectivity index (χ3v) is 6.41. The fourth-order valence-corrected chi connectivity index (χ4v) is 4.43. The molecule has 14 atom stereocenters. The topological polar surface area (TPSA) is 268 Å². The van der Waals surface area contributed by atoms with Gasteiger partial charge in [0.2, 0.25) is 0 Å². The van der Waals surface area contributed by atoms with Gasteiger partial charge in [-0.3, -0.25) is 0 Å². The predicted molar refractivity (Wildman–Crippen MR) is 108 cm³/mol. The molecule has 0 aromatic heterocycles. The molecule has 2 aliphatic heterocycles. The quantitative estimate of drug-likeness (QED) is 0.174. The Balaban J connectivity index is 1.70. The summed E-state index contributed by atoms with van der Waals surface area (Å²) in [5, 5.41) is 50.7. The number of hydrogen-bond acceptors (Lipinski definition) is 14. The van der Waals surface area contributed by atoms with Crippen LogP contribution in [0.5, 0.6) is 0 Å². The first-order valence-electron chi connectivity index (χ1n) is 10.8. The third kappa shape index (κ3) is 5.24. The fourth-order valence-electron chi connectivity index (χ4n) is 4.43. The summed E-state index contributed by atoms with van der Waals surface area (Å²) in [7, 11) is 0. The zero-order valence-corrected chi connectivity index (χ0v) is 17.7. The van der Waals surface area contributed by atoms with Crippen molar-refractivity contribution in [3.05, 3.63) is 0 Å². The molecule has 188 valence electrons. The maximum absolute atomic E-state index is 11.0. The second kappa shape index (κ2) is 10.8. The number of aliphatic hydroxyl groups is 5. The molecule has 0 amide bonds. The average Bonchev–Trinajstić information content (AvgIpc) is 2.75. The van der Waals surface area contributed by atoms with E-state index in [2.05, 4.69) is 0 Å². The number of rotatable bonds is 6. The Bertz CT molecular complexity index is 607. The summed E-state index contributed by atoms with van der Waals surface area (Å²) in [6.07, 6.45) is -10.8. The molecule has 15 N–H and O–H groups in total. The molecule has 1 aliphatic carbocycles. The molecule has 3 aliphatic rings. The van der Waals surface area contributed by atoms with Gasteiger partial charge in [-0.05, 0) is 12.8 Å². The molecular weight excluding hydrogens is 430 g/mol. The molecule has 1 saturated carbocycles. The van der Waals surface area contributed by atoms with E-state index in [1.54, 1.807) is 0 Å². The molecule has 2 saturated heterocycles. The van der Waals surface area contributed by atoms with Gasteiger partial charge in [-0.1, -0.05) is 0 Å². The molecule has 14 heteroatoms. The van der Waals surface area contributed by atoms with Gasteiger partial charge in [-0.25, -0.2) is 0 Å². The minimum atomic E-state index is -1.44. The summed E-state index contributed by atoms with van der Waals surface area (Å²) in [4.78, 5) is 0. The number of nitrogens with two attached hydrogens (primary N) is 5. The van der Waals surface area contributed by atoms with E-state index in [0.717, 1.165) is 0 Å². The van der Waals surface area contributed by atoms with Crippen LogP contribution in [0.2, 0.25) is 0 Å². The Morgan fingerprint density at radius 2 is 1.28 bits per heavy atom. The van der Waals surface area contributed by atoms with Crippen LogP contribution in [0.4, 0.5) is 0 Å². The highest BCUT2D eigenvalue weighted by molar-refractivity contribution is 5.01. The molecule has 3 rings (SSSR count). The Kier molecular flexibility index (Phi) is 8.79. The van der Waals surface area contributed by atoms with Crippen molar-refractivity contribution in [1.29, 1.82) is 0 Å². The predicted octanol–water partition coefficient (Wildman–Crippen LogP) is -6.30. The molecule has 0 bridgehead atoms. The number of aliphatic hydroxyl groups excluding tert-OH is 5. The van der Waals surface area contributed by atoms with Crippen LogP contribution in [-0.4, -0.2) is 124 Å². The molecule has 0 radical (unpaired) electrons. The summed E-state index contributed by atoms with van der Waals surface area (Å²) in [6.45, 7) is -0.499. The lowest BCUT2D eigenvalue weighted by Gasteiger charge is -2.47. The van der Waals surface area contributed by atoms with Crippen molar-refractivity contribution >= 4 is 0 Å². The Hall–Kier alpha value is -0.560. The number of hydrogen-bond donors (Lipinski definition) is 10. The zero-order chi connectivity index (χ0) is 23.7. The standard InChI is InChI=1S/C18H37N5O9/c19-3-9-8(25)2-7(22)17(29-9)31-15-5(20)1-6(21)16(14(15)28)32-18-13(27)11(23)12(26)10(4-24)30-18/h5-18,24-28H,1-4,19-23H2/t5-,6-,7+,8-,9+,10-,11-,12-,13-,14+,15-,16+,17+,18-/m1/s1. The van der Waals surface area contributed by atoms with Crippen LogP contribution in [0.3, 0.4) is 0 Å². The molecule has 2 heterocycles. The van der Waals surface area contributed by atoms with Gasteiger partial charge < -0.3 is 73.1 Å². The molecule has 0 aromatic rings. The number of ether oxygens (including phenoxy) is 4. The summed E-state index contributed by atoms with van der Waals surface area (Å²) in [5.41, 5.74) is 29.8. The Labute approximate surface area is 185 Å². The van der Waals surface area contributed by atoms with Crippen molar-refractivity contribution in [2.75, 3.05) is 13.2 Å². The van der Waals surface area contributed by atoms with Gasteiger partial charge in [0.05, 0.1) is 30.9 Å². The van der Waals surface area contributed by atoms with Crippen molar-refractivity contribution in [2.45, 2.75) is 98.4 Å². The minimum absolute atomic E-state index is 0.0542. The van der Waals surface area contributed by atoms with Crippen LogP contribution in [0, 0.1) is 0 Å². The van der Waals surface area contributed by atoms with Crippen molar-refractivity contribution in [2.24, 2.45) is 28.7 Å². The molecule has 3 fully saturated rings. The summed E-state index contributed by atoms with van der Waals surface area (Å²) >= 11 is 0. The van der Waals surface area contributed by atoms with E-state index in [0.29, 0.717) is 0 Å². The summed E-state index contributed by atoms with van der Waals surface area (Å²) in [5.74, 6) is 0. The normalized spacial score (nSPS) is 52.7.